The Labute approximate surface area is 151 Å². The number of benzene rings is 1. The van der Waals surface area contributed by atoms with E-state index in [0.717, 1.165) is 5.56 Å². The van der Waals surface area contributed by atoms with Crippen LogP contribution in [-0.4, -0.2) is 64.7 Å². The van der Waals surface area contributed by atoms with Crippen molar-refractivity contribution in [2.75, 3.05) is 37.8 Å². The van der Waals surface area contributed by atoms with Crippen molar-refractivity contribution in [1.82, 2.24) is 14.9 Å². The van der Waals surface area contributed by atoms with E-state index in [2.05, 4.69) is 9.97 Å². The molecule has 26 heavy (non-hydrogen) atoms. The van der Waals surface area contributed by atoms with Crippen LogP contribution in [0.3, 0.4) is 0 Å². The molecule has 1 aromatic heterocycles. The lowest BCUT2D eigenvalue weighted by atomic mass is 10.1. The third-order valence-electron chi connectivity index (χ3n) is 4.07. The summed E-state index contributed by atoms with van der Waals surface area (Å²) in [6.07, 6.45) is 3.18. The number of Topliss-reactive ketones (excluding diaryl/α,β-unsaturated/α-hetero) is 1. The summed E-state index contributed by atoms with van der Waals surface area (Å²) >= 11 is 0. The summed E-state index contributed by atoms with van der Waals surface area (Å²) in [5, 5.41) is 8.93. The molecule has 2 heterocycles. The van der Waals surface area contributed by atoms with Gasteiger partial charge in [-0.2, -0.15) is 0 Å². The van der Waals surface area contributed by atoms with E-state index in [0.29, 0.717) is 37.8 Å². The fourth-order valence-electron chi connectivity index (χ4n) is 2.65. The number of hydrogen-bond donors (Lipinski definition) is 1. The van der Waals surface area contributed by atoms with Crippen LogP contribution in [0.15, 0.2) is 42.7 Å². The number of hydrogen-bond acceptors (Lipinski definition) is 6. The van der Waals surface area contributed by atoms with Gasteiger partial charge >= 0.3 is 6.03 Å². The van der Waals surface area contributed by atoms with Gasteiger partial charge in [-0.15, -0.1) is 0 Å². The van der Waals surface area contributed by atoms with E-state index >= 15 is 0 Å². The van der Waals surface area contributed by atoms with Gasteiger partial charge in [0.1, 0.15) is 6.61 Å². The van der Waals surface area contributed by atoms with Crippen molar-refractivity contribution in [3.05, 3.63) is 53.9 Å². The second-order valence-electron chi connectivity index (χ2n) is 5.80. The molecular weight excluding hydrogens is 336 g/mol. The van der Waals surface area contributed by atoms with Crippen LogP contribution >= 0.6 is 0 Å². The van der Waals surface area contributed by atoms with Crippen molar-refractivity contribution < 1.29 is 19.4 Å². The topological polar surface area (TPSA) is 95.9 Å². The highest BCUT2D eigenvalue weighted by Gasteiger charge is 2.26. The molecule has 2 aromatic rings. The summed E-state index contributed by atoms with van der Waals surface area (Å²) < 4.78 is 5.30. The van der Waals surface area contributed by atoms with Gasteiger partial charge in [-0.05, 0) is 11.6 Å². The number of ketones is 1. The smallest absolute Gasteiger partial charge is 0.327 e. The Hall–Kier alpha value is -2.84. The van der Waals surface area contributed by atoms with Gasteiger partial charge in [0.15, 0.2) is 5.78 Å². The van der Waals surface area contributed by atoms with Crippen LogP contribution in [0.5, 0.6) is 0 Å². The summed E-state index contributed by atoms with van der Waals surface area (Å²) in [4.78, 5) is 36.1. The normalized spacial score (nSPS) is 14.1. The second-order valence-corrected chi connectivity index (χ2v) is 5.80. The molecule has 1 N–H and O–H groups in total. The maximum atomic E-state index is 13.0. The molecule has 8 nitrogen and oxygen atoms in total. The predicted octanol–water partition coefficient (Wildman–Crippen LogP) is 1.11. The molecule has 1 aliphatic heterocycles. The molecule has 0 unspecified atom stereocenters. The maximum Gasteiger partial charge on any atom is 0.327 e. The van der Waals surface area contributed by atoms with Crippen molar-refractivity contribution in [1.29, 1.82) is 0 Å². The minimum atomic E-state index is -0.529. The van der Waals surface area contributed by atoms with Gasteiger partial charge in [-0.1, -0.05) is 24.3 Å². The predicted molar refractivity (Wildman–Crippen MR) is 93.9 cm³/mol. The van der Waals surface area contributed by atoms with Crippen molar-refractivity contribution in [2.24, 2.45) is 0 Å². The fourth-order valence-corrected chi connectivity index (χ4v) is 2.65. The van der Waals surface area contributed by atoms with Gasteiger partial charge in [-0.3, -0.25) is 9.69 Å². The molecule has 1 aliphatic rings. The number of aliphatic hydroxyl groups is 1. The first-order chi connectivity index (χ1) is 12.7. The van der Waals surface area contributed by atoms with Crippen LogP contribution in [0.1, 0.15) is 15.9 Å². The number of urea groups is 1. The van der Waals surface area contributed by atoms with Gasteiger partial charge in [0.05, 0.1) is 19.8 Å². The summed E-state index contributed by atoms with van der Waals surface area (Å²) in [5.41, 5.74) is 1.26. The zero-order valence-corrected chi connectivity index (χ0v) is 14.2. The standard InChI is InChI=1S/C18H20N4O4/c23-13-16(24)15-4-2-14(3-5-15)12-22(17-19-6-1-7-20-17)18(25)21-8-10-26-11-9-21/h1-7,23H,8-13H2. The highest BCUT2D eigenvalue weighted by atomic mass is 16.5. The summed E-state index contributed by atoms with van der Waals surface area (Å²) in [6, 6.07) is 8.29. The molecule has 0 aliphatic carbocycles. The zero-order valence-electron chi connectivity index (χ0n) is 14.2. The van der Waals surface area contributed by atoms with E-state index in [9.17, 15) is 9.59 Å². The maximum absolute atomic E-state index is 13.0. The van der Waals surface area contributed by atoms with Crippen LogP contribution in [0.2, 0.25) is 0 Å². The third kappa shape index (κ3) is 4.22. The fraction of sp³-hybridized carbons (Fsp3) is 0.333. The number of amides is 2. The molecule has 1 aromatic carbocycles. The largest absolute Gasteiger partial charge is 0.388 e. The minimum absolute atomic E-state index is 0.185. The van der Waals surface area contributed by atoms with Crippen LogP contribution in [0.25, 0.3) is 0 Å². The first-order valence-corrected chi connectivity index (χ1v) is 8.33. The molecule has 136 valence electrons. The van der Waals surface area contributed by atoms with E-state index in [1.54, 1.807) is 47.6 Å². The first-order valence-electron chi connectivity index (χ1n) is 8.33. The Morgan fingerprint density at radius 3 is 2.38 bits per heavy atom. The van der Waals surface area contributed by atoms with E-state index in [1.165, 1.54) is 4.90 Å². The zero-order chi connectivity index (χ0) is 18.4. The minimum Gasteiger partial charge on any atom is -0.388 e. The number of anilines is 1. The van der Waals surface area contributed by atoms with Crippen molar-refractivity contribution in [3.63, 3.8) is 0 Å². The number of nitrogens with zero attached hydrogens (tertiary/aromatic N) is 4. The van der Waals surface area contributed by atoms with Crippen molar-refractivity contribution in [2.45, 2.75) is 6.54 Å². The quantitative estimate of drug-likeness (QED) is 0.807. The van der Waals surface area contributed by atoms with Gasteiger partial charge in [0.25, 0.3) is 0 Å². The number of morpholine rings is 1. The van der Waals surface area contributed by atoms with Crippen molar-refractivity contribution in [3.8, 4) is 0 Å². The lowest BCUT2D eigenvalue weighted by molar-refractivity contribution is 0.0547. The highest BCUT2D eigenvalue weighted by molar-refractivity contribution is 5.97. The van der Waals surface area contributed by atoms with Crippen molar-refractivity contribution >= 4 is 17.8 Å². The van der Waals surface area contributed by atoms with Crippen LogP contribution in [0, 0.1) is 0 Å². The molecule has 0 bridgehead atoms. The van der Waals surface area contributed by atoms with E-state index in [-0.39, 0.29) is 18.4 Å². The third-order valence-corrected chi connectivity index (χ3v) is 4.07. The summed E-state index contributed by atoms with van der Waals surface area (Å²) in [5.74, 6) is -0.0244. The van der Waals surface area contributed by atoms with Crippen LogP contribution < -0.4 is 4.90 Å². The number of aliphatic hydroxyl groups excluding tert-OH is 1. The highest BCUT2D eigenvalue weighted by Crippen LogP contribution is 2.16. The molecule has 1 fully saturated rings. The van der Waals surface area contributed by atoms with E-state index < -0.39 is 6.61 Å². The molecule has 2 amide bonds. The molecule has 1 saturated heterocycles. The van der Waals surface area contributed by atoms with Gasteiger partial charge in [0.2, 0.25) is 5.95 Å². The molecular formula is C18H20N4O4. The Kier molecular flexibility index (Phi) is 5.88. The number of rotatable bonds is 5. The first kappa shape index (κ1) is 18.0. The lowest BCUT2D eigenvalue weighted by Gasteiger charge is -2.32. The Morgan fingerprint density at radius 2 is 1.77 bits per heavy atom. The molecule has 0 atom stereocenters. The summed E-state index contributed by atoms with van der Waals surface area (Å²) in [7, 11) is 0. The molecule has 8 heteroatoms. The van der Waals surface area contributed by atoms with Gasteiger partial charge < -0.3 is 14.7 Å². The molecule has 0 saturated carbocycles. The average Bonchev–Trinajstić information content (AvgIpc) is 2.72. The van der Waals surface area contributed by atoms with E-state index in [4.69, 9.17) is 9.84 Å². The lowest BCUT2D eigenvalue weighted by Crippen LogP contribution is -2.48. The monoisotopic (exact) mass is 356 g/mol. The van der Waals surface area contributed by atoms with E-state index in [1.807, 2.05) is 0 Å². The number of carbonyl (C=O) groups is 2. The van der Waals surface area contributed by atoms with Gasteiger partial charge in [-0.25, -0.2) is 14.8 Å². The number of ether oxygens (including phenoxy) is 1. The van der Waals surface area contributed by atoms with Gasteiger partial charge in [0, 0.05) is 31.0 Å². The number of carbonyl (C=O) groups excluding carboxylic acids is 2. The average molecular weight is 356 g/mol. The summed E-state index contributed by atoms with van der Waals surface area (Å²) in [6.45, 7) is 1.80. The SMILES string of the molecule is O=C(CO)c1ccc(CN(C(=O)N2CCOCC2)c2ncccn2)cc1. The van der Waals surface area contributed by atoms with Crippen LogP contribution in [-0.2, 0) is 11.3 Å². The number of aromatic nitrogens is 2. The molecule has 3 rings (SSSR count). The Morgan fingerprint density at radius 1 is 1.12 bits per heavy atom. The molecule has 0 radical (unpaired) electrons. The Bertz CT molecular complexity index is 746. The second kappa shape index (κ2) is 8.50. The Balaban J connectivity index is 1.81. The molecule has 0 spiro atoms. The van der Waals surface area contributed by atoms with Crippen LogP contribution in [0.4, 0.5) is 10.7 Å².